The Hall–Kier alpha value is -3.68. The monoisotopic (exact) mass is 1130 g/mol. The van der Waals surface area contributed by atoms with E-state index in [1.807, 2.05) is 39.5 Å². The molecular formula is C55H77ClFIN2O8Si2. The van der Waals surface area contributed by atoms with Gasteiger partial charge < -0.3 is 27.5 Å². The molecule has 15 heteroatoms. The number of rotatable bonds is 14. The summed E-state index contributed by atoms with van der Waals surface area (Å²) in [6.45, 7) is 39.8. The molecule has 10 nitrogen and oxygen atoms in total. The van der Waals surface area contributed by atoms with Gasteiger partial charge >= 0.3 is 11.9 Å². The zero-order valence-corrected chi connectivity index (χ0v) is 49.7. The number of aromatic nitrogens is 2. The molecule has 0 aliphatic rings. The molecule has 0 saturated carbocycles. The van der Waals surface area contributed by atoms with Crippen LogP contribution in [0.1, 0.15) is 141 Å². The van der Waals surface area contributed by atoms with Crippen LogP contribution in [0.3, 0.4) is 0 Å². The van der Waals surface area contributed by atoms with Crippen molar-refractivity contribution in [2.45, 2.75) is 152 Å². The van der Waals surface area contributed by atoms with E-state index in [9.17, 15) is 23.6 Å². The van der Waals surface area contributed by atoms with Gasteiger partial charge in [-0.2, -0.15) is 0 Å². The molecule has 0 aliphatic carbocycles. The molecule has 0 bridgehead atoms. The summed E-state index contributed by atoms with van der Waals surface area (Å²) in [4.78, 5) is 52.3. The van der Waals surface area contributed by atoms with Crippen molar-refractivity contribution in [1.29, 1.82) is 0 Å². The van der Waals surface area contributed by atoms with Gasteiger partial charge in [0.25, 0.3) is 0 Å². The molecule has 70 heavy (non-hydrogen) atoms. The maximum absolute atomic E-state index is 14.6. The summed E-state index contributed by atoms with van der Waals surface area (Å²) in [6.07, 6.45) is 3.53. The van der Waals surface area contributed by atoms with Crippen LogP contribution in [0, 0.1) is 20.2 Å². The van der Waals surface area contributed by atoms with Crippen molar-refractivity contribution in [3.05, 3.63) is 124 Å². The fourth-order valence-electron chi connectivity index (χ4n) is 7.47. The predicted octanol–water partition coefficient (Wildman–Crippen LogP) is 14.6. The highest BCUT2D eigenvalue weighted by Gasteiger charge is 2.41. The third-order valence-corrected chi connectivity index (χ3v) is 24.0. The van der Waals surface area contributed by atoms with Crippen LogP contribution in [-0.2, 0) is 24.7 Å². The Balaban J connectivity index is 0.000000313. The third-order valence-electron chi connectivity index (χ3n) is 14.0. The predicted molar refractivity (Wildman–Crippen MR) is 299 cm³/mol. The molecule has 0 N–H and O–H groups in total. The average Bonchev–Trinajstić information content (AvgIpc) is 3.22. The van der Waals surface area contributed by atoms with Crippen molar-refractivity contribution >= 4 is 84.6 Å². The third kappa shape index (κ3) is 13.9. The Morgan fingerprint density at radius 1 is 0.657 bits per heavy atom. The summed E-state index contributed by atoms with van der Waals surface area (Å²) in [6, 6.07) is 15.9. The topological polar surface area (TPSA) is 115 Å². The number of fused-ring (bicyclic) bond motifs is 2. The van der Waals surface area contributed by atoms with E-state index in [2.05, 4.69) is 132 Å². The van der Waals surface area contributed by atoms with Gasteiger partial charge in [-0.1, -0.05) is 113 Å². The average molecular weight is 1130 g/mol. The molecule has 384 valence electrons. The van der Waals surface area contributed by atoms with Gasteiger partial charge in [0.15, 0.2) is 16.6 Å². The number of halogens is 3. The van der Waals surface area contributed by atoms with Crippen LogP contribution < -0.4 is 10.9 Å². The van der Waals surface area contributed by atoms with Crippen molar-refractivity contribution in [1.82, 2.24) is 9.13 Å². The van der Waals surface area contributed by atoms with E-state index >= 15 is 0 Å². The van der Waals surface area contributed by atoms with E-state index < -0.39 is 39.8 Å². The SMILES string of the molecule is CCOC(=O)c1cn(C(CO[Si](C)(C)C(C)(C)C)C(C)(C)C)c2ccc(Cc3cccc(Cl)c3F)cc2c1=O.CCOC(=O)c1cn(C(CO[Si](C)(C)C(C)(C)C)C(C)(C)C)c2ccc(I)cc2c1=O. The highest BCUT2D eigenvalue weighted by atomic mass is 127. The molecule has 2 atom stereocenters. The Morgan fingerprint density at radius 2 is 1.07 bits per heavy atom. The lowest BCUT2D eigenvalue weighted by Gasteiger charge is -2.40. The summed E-state index contributed by atoms with van der Waals surface area (Å²) < 4.78 is 43.3. The summed E-state index contributed by atoms with van der Waals surface area (Å²) in [7, 11) is -4.06. The molecule has 0 fully saturated rings. The number of hydrogen-bond donors (Lipinski definition) is 0. The summed E-state index contributed by atoms with van der Waals surface area (Å²) in [5, 5.41) is 1.07. The first-order valence-corrected chi connectivity index (χ1v) is 31.4. The van der Waals surface area contributed by atoms with Crippen LogP contribution in [0.2, 0.25) is 41.3 Å². The van der Waals surface area contributed by atoms with Crippen LogP contribution in [-0.4, -0.2) is 64.1 Å². The number of hydrogen-bond acceptors (Lipinski definition) is 8. The molecule has 0 aliphatic heterocycles. The lowest BCUT2D eigenvalue weighted by Crippen LogP contribution is -2.43. The molecule has 3 aromatic carbocycles. The first-order chi connectivity index (χ1) is 32.1. The fraction of sp³-hybridized carbons (Fsp3) is 0.527. The maximum Gasteiger partial charge on any atom is 0.343 e. The van der Waals surface area contributed by atoms with Gasteiger partial charge in [-0.05, 0) is 131 Å². The molecule has 0 radical (unpaired) electrons. The minimum atomic E-state index is -2.08. The smallest absolute Gasteiger partial charge is 0.343 e. The minimum Gasteiger partial charge on any atom is -0.462 e. The molecule has 0 amide bonds. The number of carbonyl (C=O) groups excluding carboxylic acids is 2. The molecule has 2 unspecified atom stereocenters. The number of esters is 2. The maximum atomic E-state index is 14.6. The number of nitrogens with zero attached hydrogens (tertiary/aromatic N) is 2. The minimum absolute atomic E-state index is 0.0294. The number of benzene rings is 3. The Bertz CT molecular complexity index is 2810. The van der Waals surface area contributed by atoms with Crippen molar-refractivity contribution in [3.8, 4) is 0 Å². The van der Waals surface area contributed by atoms with E-state index in [0.717, 1.165) is 14.7 Å². The quantitative estimate of drug-likeness (QED) is 0.0613. The highest BCUT2D eigenvalue weighted by Crippen LogP contribution is 2.42. The lowest BCUT2D eigenvalue weighted by atomic mass is 9.86. The van der Waals surface area contributed by atoms with E-state index in [-0.39, 0.29) is 74.2 Å². The molecule has 0 saturated heterocycles. The van der Waals surface area contributed by atoms with Crippen molar-refractivity contribution in [2.24, 2.45) is 10.8 Å². The van der Waals surface area contributed by atoms with Crippen LogP contribution in [0.4, 0.5) is 4.39 Å². The van der Waals surface area contributed by atoms with Crippen LogP contribution >= 0.6 is 34.2 Å². The van der Waals surface area contributed by atoms with Gasteiger partial charge in [0, 0.05) is 33.2 Å². The van der Waals surface area contributed by atoms with Gasteiger partial charge in [-0.25, -0.2) is 14.0 Å². The molecule has 5 rings (SSSR count). The van der Waals surface area contributed by atoms with E-state index in [0.29, 0.717) is 35.1 Å². The van der Waals surface area contributed by atoms with Crippen LogP contribution in [0.5, 0.6) is 0 Å². The molecule has 2 aromatic heterocycles. The second-order valence-corrected chi connectivity index (χ2v) is 34.6. The van der Waals surface area contributed by atoms with E-state index in [1.54, 1.807) is 44.4 Å². The zero-order valence-electron chi connectivity index (χ0n) is 44.8. The second-order valence-electron chi connectivity index (χ2n) is 23.3. The molecular weight excluding hydrogens is 1050 g/mol. The summed E-state index contributed by atoms with van der Waals surface area (Å²) in [5.41, 5.74) is 1.55. The van der Waals surface area contributed by atoms with E-state index in [1.165, 1.54) is 6.07 Å². The second kappa shape index (κ2) is 22.6. The zero-order chi connectivity index (χ0) is 53.1. The molecule has 2 heterocycles. The van der Waals surface area contributed by atoms with Gasteiger partial charge in [0.2, 0.25) is 10.9 Å². The standard InChI is InChI=1S/C31H41ClFNO4Si.C24H36INO4Si/c1-10-37-29(36)23-18-34(26(30(2,3)4)19-38-39(8,9)31(5,6)7)25-15-14-20(17-22(25)28(23)35)16-21-12-11-13-24(32)27(21)33;1-10-29-22(28)18-14-26(19-12-11-16(25)13-17(19)21(18)27)20(23(2,3)4)15-30-31(8,9)24(5,6)7/h11-15,17-18,26H,10,16,19H2,1-9H3;11-14,20H,10,15H2,1-9H3. The molecule has 0 spiro atoms. The summed E-state index contributed by atoms with van der Waals surface area (Å²) in [5.74, 6) is -1.73. The normalized spacial score (nSPS) is 13.7. The first kappa shape index (κ1) is 58.9. The number of ether oxygens (including phenoxy) is 2. The summed E-state index contributed by atoms with van der Waals surface area (Å²) >= 11 is 8.17. The Kier molecular flexibility index (Phi) is 19.0. The number of pyridine rings is 2. The highest BCUT2D eigenvalue weighted by molar-refractivity contribution is 14.1. The Morgan fingerprint density at radius 3 is 1.47 bits per heavy atom. The van der Waals surface area contributed by atoms with Gasteiger partial charge in [-0.3, -0.25) is 9.59 Å². The number of carbonyl (C=O) groups is 2. The van der Waals surface area contributed by atoms with Crippen LogP contribution in [0.25, 0.3) is 21.8 Å². The van der Waals surface area contributed by atoms with Gasteiger partial charge in [0.05, 0.1) is 54.6 Å². The van der Waals surface area contributed by atoms with Crippen molar-refractivity contribution in [2.75, 3.05) is 26.4 Å². The van der Waals surface area contributed by atoms with Crippen molar-refractivity contribution in [3.63, 3.8) is 0 Å². The van der Waals surface area contributed by atoms with Crippen LogP contribution in [0.15, 0.2) is 76.6 Å². The fourth-order valence-corrected chi connectivity index (χ4v) is 10.2. The van der Waals surface area contributed by atoms with Crippen molar-refractivity contribution < 1.29 is 32.3 Å². The van der Waals surface area contributed by atoms with Gasteiger partial charge in [0.1, 0.15) is 16.9 Å². The van der Waals surface area contributed by atoms with E-state index in [4.69, 9.17) is 29.9 Å². The molecule has 5 aromatic rings. The Labute approximate surface area is 436 Å². The lowest BCUT2D eigenvalue weighted by molar-refractivity contribution is 0.0513. The largest absolute Gasteiger partial charge is 0.462 e. The van der Waals surface area contributed by atoms with Gasteiger partial charge in [-0.15, -0.1) is 0 Å². The first-order valence-electron chi connectivity index (χ1n) is 24.1.